The summed E-state index contributed by atoms with van der Waals surface area (Å²) in [7, 11) is 0. The molecule has 0 saturated carbocycles. The first-order valence-corrected chi connectivity index (χ1v) is 38.0. The number of benzene rings is 9. The molecule has 9 aromatic rings. The van der Waals surface area contributed by atoms with Crippen LogP contribution in [0, 0.1) is 5.92 Å². The summed E-state index contributed by atoms with van der Waals surface area (Å²) in [5.41, 5.74) is 6.30. The lowest BCUT2D eigenvalue weighted by Gasteiger charge is -2.55. The smallest absolute Gasteiger partial charge is 0.187 e. The van der Waals surface area contributed by atoms with E-state index >= 15 is 0 Å². The molecule has 0 aromatic heterocycles. The standard InChI is InChI=1S/C87H88O19S/c1-55-69(88-47-56-29-11-2-12-30-56)70-65(51-92-81(100-70)60-37-19-6-20-38-60)96-80(55)104-77-74(89-48-57-31-13-3-14-32-57)71-66(52-93-82(101-71)61-39-21-7-22-40-61)97-85(77)105-78-75(90-49-58-33-15-4-16-34-58)72-67(53-94-83(102-72)62-41-23-8-24-42-62)98-86(78)106-79-76(91-50-59-35-17-5-18-36-59)73-68(99-87(79)107-64-45-27-10-28-46-64)54-95-84(103-73)63-43-25-9-26-44-63/h2-46,55,65-87H,47-54H2,1H3/t55?,65?,66?,67?,68?,69-,70+,71+,72+,73+,74+,75+,76+,77?,78?,79?,80+,81?,82?,83?,84?,85+,86+,87+/m1/s1. The van der Waals surface area contributed by atoms with Gasteiger partial charge in [0, 0.05) is 33.1 Å². The number of thioether (sulfide) groups is 1. The lowest BCUT2D eigenvalue weighted by atomic mass is 9.90. The normalized spacial score (nSPS) is 34.1. The molecule has 556 valence electrons. The maximum Gasteiger partial charge on any atom is 0.187 e. The number of hydrogen-bond acceptors (Lipinski definition) is 20. The summed E-state index contributed by atoms with van der Waals surface area (Å²) in [6, 6.07) is 89.7. The average Bonchev–Trinajstić information content (AvgIpc) is 0.765. The SMILES string of the molecule is CC1[C@H](OC2[C@H](OC3[C@H](OC4[C@@H](OCc5ccccc5)[C@H]5OC(c6ccccc6)OCC5O[C@H]4Sc4ccccc4)OC4COC(c5ccccc5)O[C@@H]4[C@@H]3OCc3ccccc3)OC3COC(c4ccccc4)O[C@@H]3[C@@H]2OCc2ccccc2)OC2COC(c3ccccc3)O[C@@H]2[C@@H]1OCc1ccccc1. The van der Waals surface area contributed by atoms with E-state index < -0.39 is 147 Å². The maximum absolute atomic E-state index is 8.00. The summed E-state index contributed by atoms with van der Waals surface area (Å²) < 4.78 is 138. The van der Waals surface area contributed by atoms with Crippen LogP contribution in [0.3, 0.4) is 0 Å². The maximum atomic E-state index is 8.00. The molecule has 8 fully saturated rings. The Morgan fingerprint density at radius 3 is 0.879 bits per heavy atom. The number of hydrogen-bond donors (Lipinski definition) is 0. The van der Waals surface area contributed by atoms with Crippen molar-refractivity contribution < 1.29 is 90.0 Å². The van der Waals surface area contributed by atoms with Crippen LogP contribution in [-0.4, -0.2) is 142 Å². The highest BCUT2D eigenvalue weighted by Crippen LogP contribution is 2.48. The zero-order chi connectivity index (χ0) is 71.7. The predicted octanol–water partition coefficient (Wildman–Crippen LogP) is 14.3. The lowest BCUT2D eigenvalue weighted by Crippen LogP contribution is -2.70. The summed E-state index contributed by atoms with van der Waals surface area (Å²) >= 11 is 1.50. The fourth-order valence-electron chi connectivity index (χ4n) is 15.3. The van der Waals surface area contributed by atoms with Gasteiger partial charge in [-0.3, -0.25) is 0 Å². The molecule has 8 aliphatic heterocycles. The van der Waals surface area contributed by atoms with Crippen LogP contribution in [0.4, 0.5) is 0 Å². The second-order valence-corrected chi connectivity index (χ2v) is 29.2. The molecule has 0 bridgehead atoms. The van der Waals surface area contributed by atoms with E-state index in [9.17, 15) is 0 Å². The van der Waals surface area contributed by atoms with Crippen molar-refractivity contribution in [3.05, 3.63) is 317 Å². The van der Waals surface area contributed by atoms with Crippen LogP contribution in [0.5, 0.6) is 0 Å². The molecule has 0 N–H and O–H groups in total. The fourth-order valence-corrected chi connectivity index (χ4v) is 16.5. The van der Waals surface area contributed by atoms with E-state index in [1.807, 2.05) is 273 Å². The van der Waals surface area contributed by atoms with Gasteiger partial charge in [0.1, 0.15) is 90.9 Å². The first-order chi connectivity index (χ1) is 52.9. The Kier molecular flexibility index (Phi) is 23.5. The Bertz CT molecular complexity index is 4160. The molecule has 107 heavy (non-hydrogen) atoms. The van der Waals surface area contributed by atoms with E-state index in [-0.39, 0.29) is 52.9 Å². The summed E-state index contributed by atoms with van der Waals surface area (Å²) in [6.45, 7) is 3.32. The van der Waals surface area contributed by atoms with Crippen LogP contribution in [0.15, 0.2) is 278 Å². The molecule has 20 heteroatoms. The molecule has 0 amide bonds. The van der Waals surface area contributed by atoms with Gasteiger partial charge < -0.3 is 90.0 Å². The van der Waals surface area contributed by atoms with Crippen LogP contribution < -0.4 is 0 Å². The van der Waals surface area contributed by atoms with Gasteiger partial charge in [-0.2, -0.15) is 0 Å². The number of ether oxygens (including phenoxy) is 19. The van der Waals surface area contributed by atoms with E-state index in [4.69, 9.17) is 90.0 Å². The Morgan fingerprint density at radius 1 is 0.271 bits per heavy atom. The van der Waals surface area contributed by atoms with Gasteiger partial charge in [-0.05, 0) is 34.4 Å². The van der Waals surface area contributed by atoms with E-state index in [2.05, 4.69) is 6.92 Å². The average molecular weight is 1470 g/mol. The van der Waals surface area contributed by atoms with Gasteiger partial charge in [0.2, 0.25) is 0 Å². The van der Waals surface area contributed by atoms with Crippen molar-refractivity contribution in [2.24, 2.45) is 5.92 Å². The van der Waals surface area contributed by atoms with Crippen LogP contribution in [0.1, 0.15) is 76.6 Å². The first kappa shape index (κ1) is 72.4. The minimum atomic E-state index is -1.38. The van der Waals surface area contributed by atoms with Crippen molar-refractivity contribution >= 4 is 11.8 Å². The molecule has 0 radical (unpaired) electrons. The first-order valence-electron chi connectivity index (χ1n) is 37.1. The van der Waals surface area contributed by atoms with Crippen molar-refractivity contribution in [2.45, 2.75) is 179 Å². The Hall–Kier alpha value is -7.43. The minimum Gasteiger partial charge on any atom is -0.370 e. The molecule has 0 spiro atoms. The van der Waals surface area contributed by atoms with Crippen molar-refractivity contribution in [3.63, 3.8) is 0 Å². The van der Waals surface area contributed by atoms with Crippen LogP contribution in [0.2, 0.25) is 0 Å². The second-order valence-electron chi connectivity index (χ2n) is 28.0. The van der Waals surface area contributed by atoms with E-state index in [1.54, 1.807) is 0 Å². The predicted molar refractivity (Wildman–Crippen MR) is 391 cm³/mol. The zero-order valence-corrected chi connectivity index (χ0v) is 60.0. The Labute approximate surface area is 627 Å². The molecule has 19 nitrogen and oxygen atoms in total. The van der Waals surface area contributed by atoms with Gasteiger partial charge in [-0.25, -0.2) is 0 Å². The van der Waals surface area contributed by atoms with Gasteiger partial charge in [0.05, 0.1) is 59.0 Å². The van der Waals surface area contributed by atoms with Crippen molar-refractivity contribution in [1.29, 1.82) is 0 Å². The second kappa shape index (κ2) is 34.6. The Balaban J connectivity index is 0.790. The van der Waals surface area contributed by atoms with Gasteiger partial charge in [0.25, 0.3) is 0 Å². The van der Waals surface area contributed by atoms with Crippen molar-refractivity contribution in [3.8, 4) is 0 Å². The highest BCUT2D eigenvalue weighted by atomic mass is 32.2. The summed E-state index contributed by atoms with van der Waals surface area (Å²) in [5, 5.41) is 0. The monoisotopic (exact) mass is 1470 g/mol. The van der Waals surface area contributed by atoms with E-state index in [0.29, 0.717) is 0 Å². The third-order valence-corrected chi connectivity index (χ3v) is 21.9. The quantitative estimate of drug-likeness (QED) is 0.0558. The molecule has 0 aliphatic carbocycles. The molecule has 17 rings (SSSR count). The minimum absolute atomic E-state index is 0.0716. The van der Waals surface area contributed by atoms with Crippen LogP contribution >= 0.6 is 11.8 Å². The third-order valence-electron chi connectivity index (χ3n) is 20.8. The summed E-state index contributed by atoms with van der Waals surface area (Å²) in [4.78, 5) is 0.923. The third kappa shape index (κ3) is 17.0. The van der Waals surface area contributed by atoms with Gasteiger partial charge in [-0.15, -0.1) is 0 Å². The van der Waals surface area contributed by atoms with Gasteiger partial charge in [0.15, 0.2) is 44.0 Å². The van der Waals surface area contributed by atoms with Crippen LogP contribution in [-0.2, 0) is 116 Å². The highest BCUT2D eigenvalue weighted by molar-refractivity contribution is 7.99. The van der Waals surface area contributed by atoms with E-state index in [0.717, 1.165) is 49.4 Å². The number of fused-ring (bicyclic) bond motifs is 4. The molecule has 8 aliphatic rings. The fraction of sp³-hybridized carbons (Fsp3) is 0.379. The molecule has 12 unspecified atom stereocenters. The zero-order valence-electron chi connectivity index (χ0n) is 59.2. The molecule has 24 atom stereocenters. The largest absolute Gasteiger partial charge is 0.370 e. The van der Waals surface area contributed by atoms with Crippen molar-refractivity contribution in [1.82, 2.24) is 0 Å². The van der Waals surface area contributed by atoms with Crippen LogP contribution in [0.25, 0.3) is 0 Å². The molecule has 8 heterocycles. The lowest BCUT2D eigenvalue weighted by molar-refractivity contribution is -0.433. The summed E-state index contributed by atoms with van der Waals surface area (Å²) in [5.74, 6) is -0.520. The Morgan fingerprint density at radius 2 is 0.533 bits per heavy atom. The van der Waals surface area contributed by atoms with Crippen molar-refractivity contribution in [2.75, 3.05) is 26.4 Å². The molecular weight excluding hydrogens is 1380 g/mol. The molecular formula is C87H88O19S. The highest BCUT2D eigenvalue weighted by Gasteiger charge is 2.61. The summed E-state index contributed by atoms with van der Waals surface area (Å²) in [6.07, 6.45) is -19.6. The number of rotatable bonds is 24. The molecule has 8 saturated heterocycles. The molecule has 9 aromatic carbocycles. The topological polar surface area (TPSA) is 175 Å². The van der Waals surface area contributed by atoms with Gasteiger partial charge in [-0.1, -0.05) is 280 Å². The van der Waals surface area contributed by atoms with Gasteiger partial charge >= 0.3 is 0 Å². The van der Waals surface area contributed by atoms with E-state index in [1.165, 1.54) is 11.8 Å².